The lowest BCUT2D eigenvalue weighted by atomic mass is 10.1. The van der Waals surface area contributed by atoms with Gasteiger partial charge in [-0.2, -0.15) is 13.2 Å². The molecule has 0 saturated carbocycles. The Labute approximate surface area is 209 Å². The lowest BCUT2D eigenvalue weighted by Gasteiger charge is -2.31. The zero-order chi connectivity index (χ0) is 25.6. The van der Waals surface area contributed by atoms with Crippen molar-refractivity contribution in [3.63, 3.8) is 0 Å². The average Bonchev–Trinajstić information content (AvgIpc) is 3.25. The van der Waals surface area contributed by atoms with Gasteiger partial charge in [-0.15, -0.1) is 5.10 Å². The maximum absolute atomic E-state index is 13.5. The highest BCUT2D eigenvalue weighted by molar-refractivity contribution is 6.03. The van der Waals surface area contributed by atoms with Gasteiger partial charge in [-0.25, -0.2) is 9.78 Å². The summed E-state index contributed by atoms with van der Waals surface area (Å²) in [6, 6.07) is 17.0. The van der Waals surface area contributed by atoms with Gasteiger partial charge in [0.2, 0.25) is 5.89 Å². The third-order valence-electron chi connectivity index (χ3n) is 6.62. The van der Waals surface area contributed by atoms with Crippen LogP contribution in [0.5, 0.6) is 0 Å². The van der Waals surface area contributed by atoms with Crippen molar-refractivity contribution in [2.75, 3.05) is 28.2 Å². The normalized spacial score (nSPS) is 15.4. The predicted molar refractivity (Wildman–Crippen MR) is 131 cm³/mol. The number of urea groups is 1. The molecule has 2 bridgehead atoms. The van der Waals surface area contributed by atoms with E-state index < -0.39 is 17.8 Å². The van der Waals surface area contributed by atoms with Crippen LogP contribution in [0.1, 0.15) is 18.4 Å². The number of rotatable bonds is 3. The van der Waals surface area contributed by atoms with E-state index in [1.54, 1.807) is 17.0 Å². The monoisotopic (exact) mass is 506 g/mol. The first kappa shape index (κ1) is 23.0. The van der Waals surface area contributed by atoms with Crippen molar-refractivity contribution in [2.24, 2.45) is 0 Å². The van der Waals surface area contributed by atoms with Crippen LogP contribution in [0, 0.1) is 0 Å². The topological polar surface area (TPSA) is 87.4 Å². The van der Waals surface area contributed by atoms with E-state index in [1.165, 1.54) is 6.07 Å². The molecule has 11 heteroatoms. The van der Waals surface area contributed by atoms with Gasteiger partial charge in [0, 0.05) is 30.3 Å². The number of hydrogen-bond acceptors (Lipinski definition) is 6. The van der Waals surface area contributed by atoms with Gasteiger partial charge in [0.05, 0.1) is 16.9 Å². The molecule has 0 spiro atoms. The molecule has 0 unspecified atom stereocenters. The molecule has 7 rings (SSSR count). The second-order valence-electron chi connectivity index (χ2n) is 8.91. The fourth-order valence-corrected chi connectivity index (χ4v) is 4.80. The van der Waals surface area contributed by atoms with E-state index in [1.807, 2.05) is 36.4 Å². The molecule has 5 heterocycles. The minimum Gasteiger partial charge on any atom is -0.403 e. The van der Waals surface area contributed by atoms with Crippen LogP contribution in [0.25, 0.3) is 22.7 Å². The number of piperidine rings is 1. The number of nitrogens with one attached hydrogen (secondary N) is 1. The molecule has 8 nitrogen and oxygen atoms in total. The van der Waals surface area contributed by atoms with Gasteiger partial charge in [0.15, 0.2) is 5.82 Å². The summed E-state index contributed by atoms with van der Waals surface area (Å²) in [5.74, 6) is 0.652. The van der Waals surface area contributed by atoms with Gasteiger partial charge in [-0.05, 0) is 49.2 Å². The SMILES string of the molecule is O=C(Nc1nnc(-c2ccccc2)o1)N1c2nc(-c3cccc(C(F)(F)F)c3)ccc2N2CCC1CC2. The van der Waals surface area contributed by atoms with Crippen molar-refractivity contribution in [1.29, 1.82) is 0 Å². The van der Waals surface area contributed by atoms with Gasteiger partial charge in [-0.1, -0.05) is 35.4 Å². The van der Waals surface area contributed by atoms with Crippen molar-refractivity contribution in [2.45, 2.75) is 25.1 Å². The first-order valence-corrected chi connectivity index (χ1v) is 11.8. The van der Waals surface area contributed by atoms with Crippen LogP contribution in [0.2, 0.25) is 0 Å². The first-order valence-electron chi connectivity index (χ1n) is 11.8. The number of anilines is 3. The van der Waals surface area contributed by atoms with Crippen molar-refractivity contribution in [3.05, 3.63) is 72.3 Å². The van der Waals surface area contributed by atoms with Crippen LogP contribution in [-0.4, -0.2) is 40.3 Å². The van der Waals surface area contributed by atoms with E-state index in [-0.39, 0.29) is 17.9 Å². The number of hydrogen-bond donors (Lipinski definition) is 1. The number of aromatic nitrogens is 3. The highest BCUT2D eigenvalue weighted by atomic mass is 19.4. The lowest BCUT2D eigenvalue weighted by Crippen LogP contribution is -2.46. The number of nitrogens with zero attached hydrogens (tertiary/aromatic N) is 5. The molecular formula is C26H21F3N6O2. The molecule has 3 aliphatic rings. The quantitative estimate of drug-likeness (QED) is 0.376. The van der Waals surface area contributed by atoms with E-state index in [9.17, 15) is 18.0 Å². The third-order valence-corrected chi connectivity index (χ3v) is 6.62. The smallest absolute Gasteiger partial charge is 0.403 e. The van der Waals surface area contributed by atoms with Crippen LogP contribution >= 0.6 is 0 Å². The van der Waals surface area contributed by atoms with Crippen LogP contribution in [-0.2, 0) is 6.18 Å². The number of alkyl halides is 3. The summed E-state index contributed by atoms with van der Waals surface area (Å²) in [6.07, 6.45) is -3.02. The summed E-state index contributed by atoms with van der Waals surface area (Å²) in [6.45, 7) is 1.48. The number of fused-ring (bicyclic) bond motifs is 2. The predicted octanol–water partition coefficient (Wildman–Crippen LogP) is 5.84. The molecular weight excluding hydrogens is 485 g/mol. The summed E-state index contributed by atoms with van der Waals surface area (Å²) in [5.41, 5.74) is 1.37. The molecule has 2 amide bonds. The summed E-state index contributed by atoms with van der Waals surface area (Å²) in [4.78, 5) is 21.9. The molecule has 2 aromatic carbocycles. The number of pyridine rings is 1. The first-order chi connectivity index (χ1) is 17.9. The summed E-state index contributed by atoms with van der Waals surface area (Å²) >= 11 is 0. The van der Waals surface area contributed by atoms with Crippen molar-refractivity contribution in [3.8, 4) is 22.7 Å². The van der Waals surface area contributed by atoms with Crippen LogP contribution in [0.4, 0.5) is 35.5 Å². The maximum atomic E-state index is 13.5. The van der Waals surface area contributed by atoms with Crippen molar-refractivity contribution >= 4 is 23.6 Å². The van der Waals surface area contributed by atoms with Crippen LogP contribution in [0.3, 0.4) is 0 Å². The summed E-state index contributed by atoms with van der Waals surface area (Å²) < 4.78 is 45.5. The van der Waals surface area contributed by atoms with Crippen LogP contribution < -0.4 is 15.1 Å². The second-order valence-corrected chi connectivity index (χ2v) is 8.91. The van der Waals surface area contributed by atoms with Gasteiger partial charge >= 0.3 is 18.2 Å². The summed E-state index contributed by atoms with van der Waals surface area (Å²) in [7, 11) is 0. The molecule has 4 aromatic rings. The fraction of sp³-hybridized carbons (Fsp3) is 0.231. The largest absolute Gasteiger partial charge is 0.416 e. The fourth-order valence-electron chi connectivity index (χ4n) is 4.80. The standard InChI is InChI=1S/C26H21F3N6O2/c27-26(28,29)18-8-4-7-17(15-18)20-9-10-21-22(30-20)35(19-11-13-34(21)14-12-19)25(36)31-24-33-32-23(37-24)16-5-2-1-3-6-16/h1-10,15,19H,11-14H2,(H,31,33,36). The lowest BCUT2D eigenvalue weighted by molar-refractivity contribution is -0.137. The summed E-state index contributed by atoms with van der Waals surface area (Å²) in [5, 5.41) is 10.6. The maximum Gasteiger partial charge on any atom is 0.416 e. The Kier molecular flexibility index (Phi) is 5.54. The van der Waals surface area contributed by atoms with Gasteiger partial charge in [0.25, 0.3) is 0 Å². The Morgan fingerprint density at radius 1 is 0.946 bits per heavy atom. The Hall–Kier alpha value is -4.41. The van der Waals surface area contributed by atoms with Crippen molar-refractivity contribution in [1.82, 2.24) is 15.2 Å². The minimum atomic E-state index is -4.47. The number of halogens is 3. The van der Waals surface area contributed by atoms with E-state index >= 15 is 0 Å². The Balaban J connectivity index is 1.34. The Morgan fingerprint density at radius 3 is 2.46 bits per heavy atom. The van der Waals surface area contributed by atoms with E-state index in [0.29, 0.717) is 17.1 Å². The zero-order valence-electron chi connectivity index (χ0n) is 19.4. The molecule has 0 aliphatic carbocycles. The van der Waals surface area contributed by atoms with E-state index in [0.717, 1.165) is 49.3 Å². The second kappa shape index (κ2) is 8.91. The molecule has 188 valence electrons. The third kappa shape index (κ3) is 4.37. The Bertz CT molecular complexity index is 1450. The number of carbonyl (C=O) groups excluding carboxylic acids is 1. The number of carbonyl (C=O) groups is 1. The highest BCUT2D eigenvalue weighted by Gasteiger charge is 2.38. The molecule has 1 saturated heterocycles. The van der Waals surface area contributed by atoms with Crippen molar-refractivity contribution < 1.29 is 22.4 Å². The van der Waals surface area contributed by atoms with Gasteiger partial charge in [-0.3, -0.25) is 10.2 Å². The minimum absolute atomic E-state index is 0.0569. The molecule has 3 aliphatic heterocycles. The number of amides is 2. The molecule has 2 aromatic heterocycles. The molecule has 1 N–H and O–H groups in total. The van der Waals surface area contributed by atoms with E-state index in [4.69, 9.17) is 9.40 Å². The average molecular weight is 506 g/mol. The molecule has 0 atom stereocenters. The van der Waals surface area contributed by atoms with Gasteiger partial charge in [0.1, 0.15) is 0 Å². The van der Waals surface area contributed by atoms with Gasteiger partial charge < -0.3 is 9.32 Å². The Morgan fingerprint density at radius 2 is 1.70 bits per heavy atom. The van der Waals surface area contributed by atoms with Crippen LogP contribution in [0.15, 0.2) is 71.1 Å². The molecule has 1 fully saturated rings. The number of benzene rings is 2. The zero-order valence-corrected chi connectivity index (χ0v) is 19.4. The highest BCUT2D eigenvalue weighted by Crippen LogP contribution is 2.40. The van der Waals surface area contributed by atoms with E-state index in [2.05, 4.69) is 20.4 Å². The molecule has 0 radical (unpaired) electrons. The molecule has 37 heavy (non-hydrogen) atoms.